The van der Waals surface area contributed by atoms with Crippen LogP contribution in [0.2, 0.25) is 0 Å². The number of methoxy groups -OCH3 is 1. The fraction of sp³-hybridized carbons (Fsp3) is 0.222. The Hall–Kier alpha value is -4.04. The van der Waals surface area contributed by atoms with Crippen LogP contribution in [0.15, 0.2) is 82.4 Å². The van der Waals surface area contributed by atoms with Crippen molar-refractivity contribution in [3.8, 4) is 5.69 Å². The number of carbonyl (C=O) groups excluding carboxylic acids is 1. The number of halogens is 1. The molecule has 4 aromatic rings. The monoisotopic (exact) mass is 475 g/mol. The number of hydrogen-bond donors (Lipinski definition) is 1. The zero-order valence-electron chi connectivity index (χ0n) is 19.4. The molecule has 8 heteroatoms. The molecule has 0 saturated heterocycles. The van der Waals surface area contributed by atoms with Crippen LogP contribution in [0.5, 0.6) is 0 Å². The zero-order chi connectivity index (χ0) is 24.8. The largest absolute Gasteiger partial charge is 0.385 e. The summed E-state index contributed by atoms with van der Waals surface area (Å²) in [6.07, 6.45) is 0.905. The first kappa shape index (κ1) is 24.1. The molecule has 0 aliphatic rings. The molecule has 1 amide bonds. The Balaban J connectivity index is 1.68. The van der Waals surface area contributed by atoms with Crippen LogP contribution >= 0.6 is 0 Å². The number of para-hydroxylation sites is 1. The predicted molar refractivity (Wildman–Crippen MR) is 133 cm³/mol. The molecule has 0 unspecified atom stereocenters. The number of rotatable bonds is 9. The highest BCUT2D eigenvalue weighted by Gasteiger charge is 2.16. The molecule has 0 aliphatic heterocycles. The molecular formula is C27H26FN3O4. The Kier molecular flexibility index (Phi) is 7.52. The Morgan fingerprint density at radius 2 is 1.69 bits per heavy atom. The first-order chi connectivity index (χ1) is 17.0. The van der Waals surface area contributed by atoms with Crippen molar-refractivity contribution >= 4 is 16.8 Å². The van der Waals surface area contributed by atoms with E-state index in [0.717, 1.165) is 16.6 Å². The quantitative estimate of drug-likeness (QED) is 0.377. The summed E-state index contributed by atoms with van der Waals surface area (Å²) in [5.74, 6) is -0.546. The number of hydrogen-bond acceptors (Lipinski definition) is 4. The van der Waals surface area contributed by atoms with Gasteiger partial charge in [0.15, 0.2) is 0 Å². The lowest BCUT2D eigenvalue weighted by Gasteiger charge is -2.15. The lowest BCUT2D eigenvalue weighted by atomic mass is 10.1. The highest BCUT2D eigenvalue weighted by molar-refractivity contribution is 5.79. The van der Waals surface area contributed by atoms with Gasteiger partial charge in [-0.15, -0.1) is 0 Å². The number of aromatic nitrogens is 2. The third-order valence-corrected chi connectivity index (χ3v) is 5.74. The normalized spacial score (nSPS) is 11.0. The van der Waals surface area contributed by atoms with Crippen LogP contribution in [0.25, 0.3) is 16.6 Å². The molecule has 1 heterocycles. The fourth-order valence-corrected chi connectivity index (χ4v) is 3.95. The molecule has 0 saturated carbocycles. The predicted octanol–water partition coefficient (Wildman–Crippen LogP) is 3.04. The SMILES string of the molecule is COCCCNC(=O)Cc1ccc(-n2c(=O)c3ccccc3n(Cc3ccccc3F)c2=O)cc1. The zero-order valence-corrected chi connectivity index (χ0v) is 19.4. The summed E-state index contributed by atoms with van der Waals surface area (Å²) < 4.78 is 21.8. The van der Waals surface area contributed by atoms with Gasteiger partial charge >= 0.3 is 5.69 Å². The second kappa shape index (κ2) is 10.9. The molecule has 7 nitrogen and oxygen atoms in total. The molecule has 180 valence electrons. The van der Waals surface area contributed by atoms with Gasteiger partial charge in [-0.3, -0.25) is 14.2 Å². The van der Waals surface area contributed by atoms with E-state index in [1.54, 1.807) is 73.8 Å². The number of carbonyl (C=O) groups is 1. The maximum Gasteiger partial charge on any atom is 0.336 e. The molecule has 0 fully saturated rings. The number of amides is 1. The number of nitrogens with zero attached hydrogens (tertiary/aromatic N) is 2. The van der Waals surface area contributed by atoms with Crippen molar-refractivity contribution in [2.75, 3.05) is 20.3 Å². The van der Waals surface area contributed by atoms with Crippen molar-refractivity contribution < 1.29 is 13.9 Å². The van der Waals surface area contributed by atoms with Gasteiger partial charge in [-0.1, -0.05) is 42.5 Å². The van der Waals surface area contributed by atoms with Crippen LogP contribution in [0, 0.1) is 5.82 Å². The van der Waals surface area contributed by atoms with Crippen LogP contribution in [-0.2, 0) is 22.5 Å². The van der Waals surface area contributed by atoms with Gasteiger partial charge in [0.25, 0.3) is 5.56 Å². The molecule has 0 aliphatic carbocycles. The van der Waals surface area contributed by atoms with E-state index in [9.17, 15) is 18.8 Å². The Labute approximate surface area is 201 Å². The van der Waals surface area contributed by atoms with Crippen LogP contribution < -0.4 is 16.6 Å². The number of nitrogens with one attached hydrogen (secondary N) is 1. The Morgan fingerprint density at radius 3 is 2.43 bits per heavy atom. The van der Waals surface area contributed by atoms with Gasteiger partial charge in [-0.2, -0.15) is 0 Å². The van der Waals surface area contributed by atoms with Crippen molar-refractivity contribution in [3.63, 3.8) is 0 Å². The van der Waals surface area contributed by atoms with Gasteiger partial charge in [0.2, 0.25) is 5.91 Å². The summed E-state index contributed by atoms with van der Waals surface area (Å²) in [6, 6.07) is 19.7. The summed E-state index contributed by atoms with van der Waals surface area (Å²) in [6.45, 7) is 1.08. The van der Waals surface area contributed by atoms with E-state index in [1.807, 2.05) is 0 Å². The van der Waals surface area contributed by atoms with E-state index in [-0.39, 0.29) is 18.9 Å². The second-order valence-electron chi connectivity index (χ2n) is 8.16. The average molecular weight is 476 g/mol. The molecule has 35 heavy (non-hydrogen) atoms. The van der Waals surface area contributed by atoms with Crippen LogP contribution in [-0.4, -0.2) is 35.3 Å². The summed E-state index contributed by atoms with van der Waals surface area (Å²) in [7, 11) is 1.61. The van der Waals surface area contributed by atoms with Gasteiger partial charge in [-0.25, -0.2) is 13.8 Å². The second-order valence-corrected chi connectivity index (χ2v) is 8.16. The standard InChI is InChI=1S/C27H26FN3O4/c1-35-16-6-15-29-25(32)17-19-11-13-21(14-12-19)31-26(33)22-8-3-5-10-24(22)30(27(31)34)18-20-7-2-4-9-23(20)28/h2-5,7-14H,6,15-18H2,1H3,(H,29,32). The Bertz CT molecular complexity index is 1460. The molecule has 0 spiro atoms. The van der Waals surface area contributed by atoms with Gasteiger partial charge in [0.05, 0.1) is 29.6 Å². The average Bonchev–Trinajstić information content (AvgIpc) is 2.86. The minimum Gasteiger partial charge on any atom is -0.385 e. The highest BCUT2D eigenvalue weighted by Crippen LogP contribution is 2.14. The van der Waals surface area contributed by atoms with Crippen LogP contribution in [0.1, 0.15) is 17.5 Å². The van der Waals surface area contributed by atoms with Gasteiger partial charge in [0, 0.05) is 25.8 Å². The minimum atomic E-state index is -0.569. The smallest absolute Gasteiger partial charge is 0.336 e. The molecule has 1 N–H and O–H groups in total. The Morgan fingerprint density at radius 1 is 0.971 bits per heavy atom. The lowest BCUT2D eigenvalue weighted by molar-refractivity contribution is -0.120. The van der Waals surface area contributed by atoms with E-state index in [1.165, 1.54) is 10.6 Å². The maximum absolute atomic E-state index is 14.4. The van der Waals surface area contributed by atoms with Crippen LogP contribution in [0.4, 0.5) is 4.39 Å². The molecular weight excluding hydrogens is 449 g/mol. The summed E-state index contributed by atoms with van der Waals surface area (Å²) in [5.41, 5.74) is 0.871. The highest BCUT2D eigenvalue weighted by atomic mass is 19.1. The summed E-state index contributed by atoms with van der Waals surface area (Å²) in [5, 5.41) is 3.18. The first-order valence-electron chi connectivity index (χ1n) is 11.3. The number of fused-ring (bicyclic) bond motifs is 1. The first-order valence-corrected chi connectivity index (χ1v) is 11.3. The summed E-state index contributed by atoms with van der Waals surface area (Å²) >= 11 is 0. The maximum atomic E-state index is 14.4. The molecule has 4 rings (SSSR count). The van der Waals surface area contributed by atoms with E-state index >= 15 is 0 Å². The molecule has 3 aromatic carbocycles. The van der Waals surface area contributed by atoms with Gasteiger partial charge in [0.1, 0.15) is 5.82 Å². The van der Waals surface area contributed by atoms with Crippen molar-refractivity contribution in [1.82, 2.24) is 14.5 Å². The molecule has 1 aromatic heterocycles. The van der Waals surface area contributed by atoms with E-state index in [2.05, 4.69) is 5.32 Å². The molecule has 0 atom stereocenters. The lowest BCUT2D eigenvalue weighted by Crippen LogP contribution is -2.39. The van der Waals surface area contributed by atoms with E-state index in [0.29, 0.717) is 35.3 Å². The summed E-state index contributed by atoms with van der Waals surface area (Å²) in [4.78, 5) is 38.9. The van der Waals surface area contributed by atoms with Gasteiger partial charge < -0.3 is 10.1 Å². The van der Waals surface area contributed by atoms with E-state index in [4.69, 9.17) is 4.74 Å². The van der Waals surface area contributed by atoms with E-state index < -0.39 is 17.1 Å². The van der Waals surface area contributed by atoms with Gasteiger partial charge in [-0.05, 0) is 42.3 Å². The molecule has 0 bridgehead atoms. The number of benzene rings is 3. The third-order valence-electron chi connectivity index (χ3n) is 5.74. The van der Waals surface area contributed by atoms with Crippen molar-refractivity contribution in [1.29, 1.82) is 0 Å². The third kappa shape index (κ3) is 5.38. The van der Waals surface area contributed by atoms with Crippen LogP contribution in [0.3, 0.4) is 0 Å². The van der Waals surface area contributed by atoms with Crippen molar-refractivity contribution in [2.24, 2.45) is 0 Å². The van der Waals surface area contributed by atoms with Crippen molar-refractivity contribution in [3.05, 3.63) is 111 Å². The topological polar surface area (TPSA) is 82.3 Å². The number of ether oxygens (including phenoxy) is 1. The minimum absolute atomic E-state index is 0.0202. The molecule has 0 radical (unpaired) electrons. The fourth-order valence-electron chi connectivity index (χ4n) is 3.95. The van der Waals surface area contributed by atoms with Crippen molar-refractivity contribution in [2.45, 2.75) is 19.4 Å².